The van der Waals surface area contributed by atoms with Crippen LogP contribution in [0.2, 0.25) is 5.02 Å². The Morgan fingerprint density at radius 3 is 2.37 bits per heavy atom. The molecular weight excluding hydrogens is 444 g/mol. The summed E-state index contributed by atoms with van der Waals surface area (Å²) in [6.45, 7) is -0.601. The van der Waals surface area contributed by atoms with E-state index in [-0.39, 0.29) is 10.5 Å². The highest BCUT2D eigenvalue weighted by Gasteiger charge is 2.41. The minimum absolute atomic E-state index is 0.0731. The summed E-state index contributed by atoms with van der Waals surface area (Å²) in [7, 11) is -4.04. The molecule has 3 aromatic rings. The van der Waals surface area contributed by atoms with Crippen LogP contribution >= 0.6 is 23.4 Å². The average molecular weight is 459 g/mol. The molecule has 1 aliphatic heterocycles. The molecule has 0 fully saturated rings. The highest BCUT2D eigenvalue weighted by Crippen LogP contribution is 2.34. The fourth-order valence-electron chi connectivity index (χ4n) is 3.00. The zero-order chi connectivity index (χ0) is 21.3. The maximum absolute atomic E-state index is 12.6. The molecule has 1 heterocycles. The molecule has 2 amide bonds. The molecule has 3 aromatic carbocycles. The Morgan fingerprint density at radius 1 is 0.967 bits per heavy atom. The first-order valence-corrected chi connectivity index (χ1v) is 11.5. The standard InChI is InChI=1S/C21H15ClN2O4S2/c22-14-9-11-15(12-10-14)29-18-7-3-2-6-17(18)23-20(25)13-24-21(26)16-5-1-4-8-19(16)30(24,27)28/h1-12H,13H2,(H,23,25). The molecule has 0 radical (unpaired) electrons. The molecule has 1 N–H and O–H groups in total. The quantitative estimate of drug-likeness (QED) is 0.617. The molecule has 0 aliphatic carbocycles. The van der Waals surface area contributed by atoms with E-state index in [2.05, 4.69) is 5.32 Å². The maximum Gasteiger partial charge on any atom is 0.269 e. The highest BCUT2D eigenvalue weighted by molar-refractivity contribution is 7.99. The minimum Gasteiger partial charge on any atom is -0.323 e. The summed E-state index contributed by atoms with van der Waals surface area (Å²) >= 11 is 7.34. The normalized spacial score (nSPS) is 14.4. The molecule has 0 spiro atoms. The van der Waals surface area contributed by atoms with Crippen LogP contribution in [0.25, 0.3) is 0 Å². The van der Waals surface area contributed by atoms with Gasteiger partial charge in [-0.15, -0.1) is 0 Å². The Kier molecular flexibility index (Phi) is 5.55. The van der Waals surface area contributed by atoms with Crippen molar-refractivity contribution in [1.29, 1.82) is 0 Å². The average Bonchev–Trinajstić information content (AvgIpc) is 2.92. The molecule has 30 heavy (non-hydrogen) atoms. The number of amides is 2. The van der Waals surface area contributed by atoms with Crippen LogP contribution in [0.1, 0.15) is 10.4 Å². The van der Waals surface area contributed by atoms with Crippen LogP contribution in [-0.2, 0) is 14.8 Å². The number of sulfonamides is 1. The van der Waals surface area contributed by atoms with Gasteiger partial charge >= 0.3 is 0 Å². The van der Waals surface area contributed by atoms with Crippen molar-refractivity contribution in [2.75, 3.05) is 11.9 Å². The number of nitrogens with one attached hydrogen (secondary N) is 1. The monoisotopic (exact) mass is 458 g/mol. The van der Waals surface area contributed by atoms with E-state index in [9.17, 15) is 18.0 Å². The summed E-state index contributed by atoms with van der Waals surface area (Å²) in [4.78, 5) is 26.7. The van der Waals surface area contributed by atoms with Gasteiger partial charge in [0.05, 0.1) is 11.3 Å². The number of hydrogen-bond donors (Lipinski definition) is 1. The second kappa shape index (κ2) is 8.14. The molecule has 0 atom stereocenters. The molecular formula is C21H15ClN2O4S2. The first-order chi connectivity index (χ1) is 14.4. The van der Waals surface area contributed by atoms with E-state index < -0.39 is 28.4 Å². The van der Waals surface area contributed by atoms with Crippen molar-refractivity contribution >= 4 is 50.9 Å². The number of carbonyl (C=O) groups excluding carboxylic acids is 2. The van der Waals surface area contributed by atoms with Crippen molar-refractivity contribution in [1.82, 2.24) is 4.31 Å². The van der Waals surface area contributed by atoms with Crippen molar-refractivity contribution in [3.05, 3.63) is 83.4 Å². The second-order valence-corrected chi connectivity index (χ2v) is 9.80. The van der Waals surface area contributed by atoms with Gasteiger partial charge in [-0.25, -0.2) is 12.7 Å². The molecule has 9 heteroatoms. The maximum atomic E-state index is 12.6. The lowest BCUT2D eigenvalue weighted by molar-refractivity contribution is -0.116. The van der Waals surface area contributed by atoms with E-state index in [1.54, 1.807) is 30.3 Å². The SMILES string of the molecule is O=C(CN1C(=O)c2ccccc2S1(=O)=O)Nc1ccccc1Sc1ccc(Cl)cc1. The molecule has 152 valence electrons. The van der Waals surface area contributed by atoms with Gasteiger partial charge in [-0.2, -0.15) is 0 Å². The number of rotatable bonds is 5. The summed E-state index contributed by atoms with van der Waals surface area (Å²) in [5.41, 5.74) is 0.591. The zero-order valence-electron chi connectivity index (χ0n) is 15.4. The predicted octanol–water partition coefficient (Wildman–Crippen LogP) is 4.27. The van der Waals surface area contributed by atoms with Gasteiger partial charge < -0.3 is 5.32 Å². The van der Waals surface area contributed by atoms with E-state index in [1.807, 2.05) is 24.3 Å². The topological polar surface area (TPSA) is 83.6 Å². The number of benzene rings is 3. The molecule has 0 saturated carbocycles. The molecule has 0 aromatic heterocycles. The van der Waals surface area contributed by atoms with Gasteiger partial charge in [-0.1, -0.05) is 47.6 Å². The minimum atomic E-state index is -4.04. The third kappa shape index (κ3) is 3.94. The lowest BCUT2D eigenvalue weighted by Gasteiger charge is -2.16. The molecule has 1 aliphatic rings. The number of fused-ring (bicyclic) bond motifs is 1. The molecule has 4 rings (SSSR count). The van der Waals surface area contributed by atoms with Crippen LogP contribution in [0.15, 0.2) is 87.5 Å². The van der Waals surface area contributed by atoms with E-state index in [1.165, 1.54) is 30.0 Å². The van der Waals surface area contributed by atoms with Gasteiger partial charge in [-0.3, -0.25) is 9.59 Å². The van der Waals surface area contributed by atoms with E-state index in [0.29, 0.717) is 15.0 Å². The lowest BCUT2D eigenvalue weighted by atomic mass is 10.2. The van der Waals surface area contributed by atoms with Gasteiger partial charge in [0, 0.05) is 14.8 Å². The van der Waals surface area contributed by atoms with E-state index in [4.69, 9.17) is 11.6 Å². The number of para-hydroxylation sites is 1. The summed E-state index contributed by atoms with van der Waals surface area (Å²) in [5, 5.41) is 3.33. The summed E-state index contributed by atoms with van der Waals surface area (Å²) in [6, 6.07) is 20.3. The number of nitrogens with zero attached hydrogens (tertiary/aromatic N) is 1. The van der Waals surface area contributed by atoms with Crippen molar-refractivity contribution in [2.24, 2.45) is 0 Å². The number of hydrogen-bond acceptors (Lipinski definition) is 5. The van der Waals surface area contributed by atoms with Crippen LogP contribution in [0.4, 0.5) is 5.69 Å². The van der Waals surface area contributed by atoms with Crippen LogP contribution in [0.5, 0.6) is 0 Å². The van der Waals surface area contributed by atoms with Gasteiger partial charge in [0.2, 0.25) is 5.91 Å². The summed E-state index contributed by atoms with van der Waals surface area (Å²) in [6.07, 6.45) is 0. The van der Waals surface area contributed by atoms with Crippen LogP contribution in [-0.4, -0.2) is 31.1 Å². The van der Waals surface area contributed by atoms with Gasteiger partial charge in [-0.05, 0) is 48.5 Å². The Labute approximate surface area is 182 Å². The highest BCUT2D eigenvalue weighted by atomic mass is 35.5. The first kappa shape index (κ1) is 20.5. The van der Waals surface area contributed by atoms with Crippen LogP contribution in [0, 0.1) is 0 Å². The Balaban J connectivity index is 1.52. The Bertz CT molecular complexity index is 1240. The van der Waals surface area contributed by atoms with Crippen molar-refractivity contribution < 1.29 is 18.0 Å². The smallest absolute Gasteiger partial charge is 0.269 e. The number of halogens is 1. The van der Waals surface area contributed by atoms with Gasteiger partial charge in [0.25, 0.3) is 15.9 Å². The molecule has 6 nitrogen and oxygen atoms in total. The van der Waals surface area contributed by atoms with Gasteiger partial charge in [0.1, 0.15) is 11.4 Å². The summed E-state index contributed by atoms with van der Waals surface area (Å²) < 4.78 is 25.9. The van der Waals surface area contributed by atoms with E-state index in [0.717, 1.165) is 9.79 Å². The Morgan fingerprint density at radius 2 is 1.63 bits per heavy atom. The van der Waals surface area contributed by atoms with Crippen molar-refractivity contribution in [3.8, 4) is 0 Å². The first-order valence-electron chi connectivity index (χ1n) is 8.84. The molecule has 0 saturated heterocycles. The number of carbonyl (C=O) groups is 2. The Hall–Kier alpha value is -2.81. The molecule has 0 bridgehead atoms. The third-order valence-corrected chi connectivity index (χ3v) is 7.52. The predicted molar refractivity (Wildman–Crippen MR) is 115 cm³/mol. The second-order valence-electron chi connectivity index (χ2n) is 6.41. The van der Waals surface area contributed by atoms with Crippen molar-refractivity contribution in [3.63, 3.8) is 0 Å². The van der Waals surface area contributed by atoms with Crippen molar-refractivity contribution in [2.45, 2.75) is 14.7 Å². The fraction of sp³-hybridized carbons (Fsp3) is 0.0476. The van der Waals surface area contributed by atoms with Gasteiger partial charge in [0.15, 0.2) is 0 Å². The number of anilines is 1. The molecule has 0 unspecified atom stereocenters. The zero-order valence-corrected chi connectivity index (χ0v) is 17.8. The largest absolute Gasteiger partial charge is 0.323 e. The fourth-order valence-corrected chi connectivity index (χ4v) is 5.55. The van der Waals surface area contributed by atoms with Crippen LogP contribution < -0.4 is 5.32 Å². The van der Waals surface area contributed by atoms with E-state index >= 15 is 0 Å². The lowest BCUT2D eigenvalue weighted by Crippen LogP contribution is -2.37. The van der Waals surface area contributed by atoms with Crippen LogP contribution in [0.3, 0.4) is 0 Å². The summed E-state index contributed by atoms with van der Waals surface area (Å²) in [5.74, 6) is -1.31. The third-order valence-electron chi connectivity index (χ3n) is 4.40.